The van der Waals surface area contributed by atoms with Crippen LogP contribution in [0.15, 0.2) is 47.4 Å². The quantitative estimate of drug-likeness (QED) is 0.627. The second kappa shape index (κ2) is 10.7. The number of nitrogens with zero attached hydrogens (tertiary/aromatic N) is 1. The standard InChI is InChI=1S/C19H26N2O4/c1-16-19(25-15-17-5-3-2-4-6-17)18(22)7-9-21(16)10-12-24-14-13-23-11-8-20/h2-7,9H,8,10-15,20H2,1H3. The van der Waals surface area contributed by atoms with Crippen LogP contribution in [-0.2, 0) is 22.6 Å². The largest absolute Gasteiger partial charge is 0.483 e. The molecule has 0 saturated heterocycles. The summed E-state index contributed by atoms with van der Waals surface area (Å²) in [7, 11) is 0. The van der Waals surface area contributed by atoms with Crippen LogP contribution < -0.4 is 15.9 Å². The average Bonchev–Trinajstić information content (AvgIpc) is 2.63. The predicted octanol–water partition coefficient (Wildman–Crippen LogP) is 1.73. The maximum absolute atomic E-state index is 12.1. The second-order valence-corrected chi connectivity index (χ2v) is 5.58. The van der Waals surface area contributed by atoms with E-state index in [9.17, 15) is 4.79 Å². The highest BCUT2D eigenvalue weighted by molar-refractivity contribution is 5.28. The summed E-state index contributed by atoms with van der Waals surface area (Å²) in [6, 6.07) is 11.3. The summed E-state index contributed by atoms with van der Waals surface area (Å²) >= 11 is 0. The van der Waals surface area contributed by atoms with Gasteiger partial charge in [0.2, 0.25) is 5.43 Å². The minimum Gasteiger partial charge on any atom is -0.483 e. The summed E-state index contributed by atoms with van der Waals surface area (Å²) in [5.74, 6) is 0.387. The Morgan fingerprint density at radius 3 is 2.44 bits per heavy atom. The Kier molecular flexibility index (Phi) is 8.18. The molecule has 6 nitrogen and oxygen atoms in total. The monoisotopic (exact) mass is 346 g/mol. The number of ether oxygens (including phenoxy) is 3. The van der Waals surface area contributed by atoms with Gasteiger partial charge in [-0.25, -0.2) is 0 Å². The van der Waals surface area contributed by atoms with Crippen LogP contribution >= 0.6 is 0 Å². The number of nitrogens with two attached hydrogens (primary N) is 1. The Bertz CT molecular complexity index is 686. The molecule has 6 heteroatoms. The van der Waals surface area contributed by atoms with Gasteiger partial charge in [0.1, 0.15) is 6.61 Å². The van der Waals surface area contributed by atoms with E-state index in [0.29, 0.717) is 51.9 Å². The van der Waals surface area contributed by atoms with E-state index in [1.54, 1.807) is 6.20 Å². The highest BCUT2D eigenvalue weighted by Crippen LogP contribution is 2.14. The fourth-order valence-corrected chi connectivity index (χ4v) is 2.37. The fourth-order valence-electron chi connectivity index (χ4n) is 2.37. The summed E-state index contributed by atoms with van der Waals surface area (Å²) in [5, 5.41) is 0. The molecule has 2 aromatic rings. The predicted molar refractivity (Wildman–Crippen MR) is 96.9 cm³/mol. The van der Waals surface area contributed by atoms with Gasteiger partial charge < -0.3 is 24.5 Å². The normalized spacial score (nSPS) is 10.8. The average molecular weight is 346 g/mol. The number of pyridine rings is 1. The van der Waals surface area contributed by atoms with Gasteiger partial charge in [0, 0.05) is 25.4 Å². The summed E-state index contributed by atoms with van der Waals surface area (Å²) in [5.41, 5.74) is 7.06. The molecule has 1 heterocycles. The van der Waals surface area contributed by atoms with Crippen LogP contribution in [-0.4, -0.2) is 37.5 Å². The summed E-state index contributed by atoms with van der Waals surface area (Å²) in [6.45, 7) is 5.55. The number of aromatic nitrogens is 1. The Hall–Kier alpha value is -2.15. The Morgan fingerprint density at radius 2 is 1.72 bits per heavy atom. The molecule has 0 fully saturated rings. The lowest BCUT2D eigenvalue weighted by molar-refractivity contribution is 0.0474. The molecule has 25 heavy (non-hydrogen) atoms. The molecule has 0 amide bonds. The number of hydrogen-bond donors (Lipinski definition) is 1. The van der Waals surface area contributed by atoms with E-state index in [-0.39, 0.29) is 5.43 Å². The van der Waals surface area contributed by atoms with Crippen molar-refractivity contribution in [2.45, 2.75) is 20.1 Å². The number of hydrogen-bond acceptors (Lipinski definition) is 5. The molecule has 0 saturated carbocycles. The van der Waals surface area contributed by atoms with E-state index < -0.39 is 0 Å². The third-order valence-electron chi connectivity index (χ3n) is 3.73. The SMILES string of the molecule is Cc1c(OCc2ccccc2)c(=O)ccn1CCOCCOCCN. The zero-order valence-corrected chi connectivity index (χ0v) is 14.6. The van der Waals surface area contributed by atoms with Gasteiger partial charge in [-0.3, -0.25) is 4.79 Å². The van der Waals surface area contributed by atoms with Crippen molar-refractivity contribution in [3.63, 3.8) is 0 Å². The van der Waals surface area contributed by atoms with Crippen LogP contribution in [0.5, 0.6) is 5.75 Å². The van der Waals surface area contributed by atoms with Crippen molar-refractivity contribution in [1.29, 1.82) is 0 Å². The van der Waals surface area contributed by atoms with Crippen molar-refractivity contribution in [3.8, 4) is 5.75 Å². The first-order chi connectivity index (χ1) is 12.2. The van der Waals surface area contributed by atoms with Crippen LogP contribution in [0.4, 0.5) is 0 Å². The van der Waals surface area contributed by atoms with Crippen molar-refractivity contribution in [2.75, 3.05) is 33.0 Å². The first kappa shape index (κ1) is 19.2. The molecule has 0 atom stereocenters. The molecule has 0 aliphatic carbocycles. The molecule has 0 aliphatic rings. The molecular formula is C19H26N2O4. The Morgan fingerprint density at radius 1 is 1.00 bits per heavy atom. The molecule has 136 valence electrons. The van der Waals surface area contributed by atoms with E-state index >= 15 is 0 Å². The van der Waals surface area contributed by atoms with E-state index in [1.165, 1.54) is 6.07 Å². The summed E-state index contributed by atoms with van der Waals surface area (Å²) in [6.07, 6.45) is 1.77. The van der Waals surface area contributed by atoms with Gasteiger partial charge in [-0.2, -0.15) is 0 Å². The topological polar surface area (TPSA) is 75.7 Å². The molecule has 0 unspecified atom stereocenters. The third-order valence-corrected chi connectivity index (χ3v) is 3.73. The zero-order chi connectivity index (χ0) is 17.9. The van der Waals surface area contributed by atoms with Gasteiger partial charge in [0.05, 0.1) is 32.1 Å². The molecule has 0 radical (unpaired) electrons. The summed E-state index contributed by atoms with van der Waals surface area (Å²) < 4.78 is 18.5. The Balaban J connectivity index is 1.87. The van der Waals surface area contributed by atoms with Gasteiger partial charge in [0.15, 0.2) is 5.75 Å². The van der Waals surface area contributed by atoms with Crippen molar-refractivity contribution in [1.82, 2.24) is 4.57 Å². The van der Waals surface area contributed by atoms with Crippen LogP contribution in [0.2, 0.25) is 0 Å². The van der Waals surface area contributed by atoms with Gasteiger partial charge in [-0.15, -0.1) is 0 Å². The highest BCUT2D eigenvalue weighted by Gasteiger charge is 2.09. The molecule has 1 aromatic carbocycles. The van der Waals surface area contributed by atoms with E-state index in [0.717, 1.165) is 11.3 Å². The Labute approximate surface area is 148 Å². The van der Waals surface area contributed by atoms with Crippen molar-refractivity contribution >= 4 is 0 Å². The lowest BCUT2D eigenvalue weighted by Gasteiger charge is -2.15. The lowest BCUT2D eigenvalue weighted by Crippen LogP contribution is -2.18. The molecule has 0 aliphatic heterocycles. The molecule has 1 aromatic heterocycles. The first-order valence-electron chi connectivity index (χ1n) is 8.44. The minimum atomic E-state index is -0.110. The molecule has 2 N–H and O–H groups in total. The maximum Gasteiger partial charge on any atom is 0.223 e. The smallest absolute Gasteiger partial charge is 0.223 e. The van der Waals surface area contributed by atoms with Crippen molar-refractivity contribution < 1.29 is 14.2 Å². The second-order valence-electron chi connectivity index (χ2n) is 5.58. The van der Waals surface area contributed by atoms with E-state index in [1.807, 2.05) is 41.8 Å². The number of benzene rings is 1. The minimum absolute atomic E-state index is 0.110. The van der Waals surface area contributed by atoms with Gasteiger partial charge in [-0.05, 0) is 12.5 Å². The van der Waals surface area contributed by atoms with Crippen LogP contribution in [0.3, 0.4) is 0 Å². The third kappa shape index (κ3) is 6.34. The molecule has 0 bridgehead atoms. The van der Waals surface area contributed by atoms with Crippen LogP contribution in [0, 0.1) is 6.92 Å². The zero-order valence-electron chi connectivity index (χ0n) is 14.6. The number of rotatable bonds is 11. The van der Waals surface area contributed by atoms with Crippen molar-refractivity contribution in [2.24, 2.45) is 5.73 Å². The van der Waals surface area contributed by atoms with Gasteiger partial charge in [-0.1, -0.05) is 30.3 Å². The molecule has 0 spiro atoms. The lowest BCUT2D eigenvalue weighted by atomic mass is 10.2. The molecule has 2 rings (SSSR count). The van der Waals surface area contributed by atoms with E-state index in [2.05, 4.69) is 0 Å². The fraction of sp³-hybridized carbons (Fsp3) is 0.421. The maximum atomic E-state index is 12.1. The van der Waals surface area contributed by atoms with E-state index in [4.69, 9.17) is 19.9 Å². The first-order valence-corrected chi connectivity index (χ1v) is 8.44. The van der Waals surface area contributed by atoms with Crippen molar-refractivity contribution in [3.05, 3.63) is 64.1 Å². The van der Waals surface area contributed by atoms with Gasteiger partial charge in [0.25, 0.3) is 0 Å². The van der Waals surface area contributed by atoms with Crippen LogP contribution in [0.1, 0.15) is 11.3 Å². The highest BCUT2D eigenvalue weighted by atomic mass is 16.5. The summed E-state index contributed by atoms with van der Waals surface area (Å²) in [4.78, 5) is 12.1. The van der Waals surface area contributed by atoms with Gasteiger partial charge >= 0.3 is 0 Å². The molecular weight excluding hydrogens is 320 g/mol. The van der Waals surface area contributed by atoms with Crippen LogP contribution in [0.25, 0.3) is 0 Å².